The summed E-state index contributed by atoms with van der Waals surface area (Å²) in [4.78, 5) is 26.2. The van der Waals surface area contributed by atoms with Gasteiger partial charge < -0.3 is 15.0 Å². The fourth-order valence-electron chi connectivity index (χ4n) is 3.08. The van der Waals surface area contributed by atoms with E-state index in [1.807, 2.05) is 0 Å². The van der Waals surface area contributed by atoms with Crippen molar-refractivity contribution >= 4 is 33.6 Å². The largest absolute Gasteiger partial charge is 0.452 e. The monoisotopic (exact) mass is 459 g/mol. The Hall–Kier alpha value is -3.80. The Kier molecular flexibility index (Phi) is 5.61. The van der Waals surface area contributed by atoms with Gasteiger partial charge >= 0.3 is 5.97 Å². The van der Waals surface area contributed by atoms with Crippen LogP contribution < -0.4 is 5.32 Å². The van der Waals surface area contributed by atoms with Crippen LogP contribution in [-0.2, 0) is 24.3 Å². The smallest absolute Gasteiger partial charge is 0.340 e. The quantitative estimate of drug-likeness (QED) is 0.669. The number of amidine groups is 1. The molecule has 1 N–H and O–H groups in total. The van der Waals surface area contributed by atoms with Gasteiger partial charge in [0.2, 0.25) is 0 Å². The maximum atomic E-state index is 13.2. The van der Waals surface area contributed by atoms with Gasteiger partial charge in [0.25, 0.3) is 15.9 Å². The minimum absolute atomic E-state index is 0.156. The molecule has 1 amide bonds. The molecule has 2 aliphatic rings. The van der Waals surface area contributed by atoms with Crippen molar-refractivity contribution in [2.45, 2.75) is 6.92 Å². The third-order valence-corrected chi connectivity index (χ3v) is 5.73. The zero-order valence-corrected chi connectivity index (χ0v) is 17.7. The summed E-state index contributed by atoms with van der Waals surface area (Å²) in [5, 5.41) is 6.89. The highest BCUT2D eigenvalue weighted by Crippen LogP contribution is 2.18. The number of sulfonamides is 1. The first kappa shape index (κ1) is 21.4. The maximum Gasteiger partial charge on any atom is 0.340 e. The predicted octanol–water partition coefficient (Wildman–Crippen LogP) is 1.30. The molecule has 1 aromatic heterocycles. The van der Waals surface area contributed by atoms with Crippen molar-refractivity contribution in [3.63, 3.8) is 0 Å². The van der Waals surface area contributed by atoms with Crippen molar-refractivity contribution in [3.8, 4) is 5.69 Å². The molecule has 0 radical (unpaired) electrons. The van der Waals surface area contributed by atoms with E-state index in [0.29, 0.717) is 17.2 Å². The van der Waals surface area contributed by atoms with Gasteiger partial charge in [-0.1, -0.05) is 0 Å². The molecule has 3 heterocycles. The van der Waals surface area contributed by atoms with Crippen molar-refractivity contribution in [3.05, 3.63) is 65.8 Å². The van der Waals surface area contributed by atoms with Gasteiger partial charge in [0.05, 0.1) is 22.7 Å². The van der Waals surface area contributed by atoms with Crippen LogP contribution in [0.1, 0.15) is 5.69 Å². The van der Waals surface area contributed by atoms with E-state index in [1.54, 1.807) is 13.0 Å². The van der Waals surface area contributed by atoms with Crippen LogP contribution in [0.4, 0.5) is 10.2 Å². The van der Waals surface area contributed by atoms with Crippen molar-refractivity contribution in [1.29, 1.82) is 0 Å². The fraction of sp³-hybridized carbons (Fsp3) is 0.200. The number of rotatable bonds is 5. The van der Waals surface area contributed by atoms with Gasteiger partial charge in [-0.05, 0) is 43.3 Å². The number of halogens is 1. The van der Waals surface area contributed by atoms with Crippen LogP contribution in [0.2, 0.25) is 0 Å². The molecule has 0 saturated heterocycles. The number of anilines is 1. The van der Waals surface area contributed by atoms with E-state index in [1.165, 1.54) is 52.2 Å². The van der Waals surface area contributed by atoms with E-state index in [-0.39, 0.29) is 23.7 Å². The molecular formula is C20H18FN5O5S. The predicted molar refractivity (Wildman–Crippen MR) is 113 cm³/mol. The van der Waals surface area contributed by atoms with E-state index in [0.717, 1.165) is 0 Å². The van der Waals surface area contributed by atoms with Gasteiger partial charge in [0, 0.05) is 18.8 Å². The lowest BCUT2D eigenvalue weighted by Gasteiger charge is -2.26. The first-order chi connectivity index (χ1) is 15.2. The van der Waals surface area contributed by atoms with Crippen LogP contribution in [0.3, 0.4) is 0 Å². The van der Waals surface area contributed by atoms with E-state index in [4.69, 9.17) is 4.74 Å². The molecule has 12 heteroatoms. The highest BCUT2D eigenvalue weighted by Gasteiger charge is 2.25. The maximum absolute atomic E-state index is 13.2. The van der Waals surface area contributed by atoms with Crippen LogP contribution in [-0.4, -0.2) is 59.7 Å². The molecule has 0 saturated carbocycles. The Morgan fingerprint density at radius 2 is 1.97 bits per heavy atom. The topological polar surface area (TPSA) is 123 Å². The summed E-state index contributed by atoms with van der Waals surface area (Å²) in [5.41, 5.74) is 1.33. The molecule has 0 bridgehead atoms. The lowest BCUT2D eigenvalue weighted by Crippen LogP contribution is -2.37. The highest BCUT2D eigenvalue weighted by atomic mass is 32.2. The second-order valence-corrected chi connectivity index (χ2v) is 8.78. The molecular weight excluding hydrogens is 441 g/mol. The summed E-state index contributed by atoms with van der Waals surface area (Å²) in [7, 11) is -3.50. The highest BCUT2D eigenvalue weighted by molar-refractivity contribution is 7.90. The van der Waals surface area contributed by atoms with Crippen LogP contribution in [0.15, 0.2) is 58.7 Å². The average Bonchev–Trinajstić information content (AvgIpc) is 3.11. The summed E-state index contributed by atoms with van der Waals surface area (Å²) in [6, 6.07) is 7.21. The second-order valence-electron chi connectivity index (χ2n) is 7.03. The molecule has 32 heavy (non-hydrogen) atoms. The molecule has 0 unspecified atom stereocenters. The number of carbonyl (C=O) groups excluding carboxylic acids is 2. The number of aryl methyl sites for hydroxylation is 1. The second kappa shape index (κ2) is 8.38. The molecule has 10 nitrogen and oxygen atoms in total. The summed E-state index contributed by atoms with van der Waals surface area (Å²) in [6.07, 6.45) is 4.21. The zero-order valence-electron chi connectivity index (χ0n) is 16.9. The number of hydrogen-bond acceptors (Lipinski definition) is 7. The normalized spacial score (nSPS) is 16.6. The first-order valence-electron chi connectivity index (χ1n) is 9.49. The minimum atomic E-state index is -3.50. The zero-order chi connectivity index (χ0) is 22.9. The first-order valence-corrected chi connectivity index (χ1v) is 11.1. The number of nitrogens with one attached hydrogen (secondary N) is 1. The molecule has 4 rings (SSSR count). The number of benzene rings is 1. The molecule has 1 aromatic carbocycles. The number of fused-ring (bicyclic) bond motifs is 1. The molecule has 166 valence electrons. The number of hydrogen-bond donors (Lipinski definition) is 1. The number of carbonyl (C=O) groups is 2. The third-order valence-electron chi connectivity index (χ3n) is 4.56. The van der Waals surface area contributed by atoms with Crippen molar-refractivity contribution in [2.75, 3.05) is 24.2 Å². The molecule has 0 fully saturated rings. The average molecular weight is 459 g/mol. The molecule has 2 aromatic rings. The standard InChI is InChI=1S/C20H18FN5O5S/c1-13-10-18(26(23-13)16-5-3-15(21)4-6-16)22-19(27)12-31-20(28)14-2-7-17-24-32(29,30)9-8-25(17)11-14/h2-7,10-11H,8-9,12H2,1H3,(H,22,27). The Labute approximate surface area is 182 Å². The van der Waals surface area contributed by atoms with Gasteiger partial charge in [-0.25, -0.2) is 22.3 Å². The van der Waals surface area contributed by atoms with Gasteiger partial charge in [0.15, 0.2) is 6.61 Å². The molecule has 0 atom stereocenters. The Morgan fingerprint density at radius 1 is 1.22 bits per heavy atom. The van der Waals surface area contributed by atoms with E-state index in [9.17, 15) is 22.4 Å². The minimum Gasteiger partial charge on any atom is -0.452 e. The Morgan fingerprint density at radius 3 is 2.72 bits per heavy atom. The lowest BCUT2D eigenvalue weighted by molar-refractivity contribution is -0.143. The SMILES string of the molecule is Cc1cc(NC(=O)COC(=O)C2=CN3CCS(=O)(=O)N=C3C=C2)n(-c2ccc(F)cc2)n1. The number of amides is 1. The third kappa shape index (κ3) is 4.75. The number of nitrogens with zero attached hydrogens (tertiary/aromatic N) is 4. The fourth-order valence-corrected chi connectivity index (χ4v) is 4.05. The lowest BCUT2D eigenvalue weighted by atomic mass is 10.2. The van der Waals surface area contributed by atoms with Crippen LogP contribution in [0.25, 0.3) is 5.69 Å². The van der Waals surface area contributed by atoms with Crippen LogP contribution in [0, 0.1) is 12.7 Å². The number of ether oxygens (including phenoxy) is 1. The van der Waals surface area contributed by atoms with E-state index >= 15 is 0 Å². The van der Waals surface area contributed by atoms with Gasteiger partial charge in [0.1, 0.15) is 17.5 Å². The van der Waals surface area contributed by atoms with Crippen molar-refractivity contribution in [2.24, 2.45) is 4.40 Å². The number of aromatic nitrogens is 2. The molecule has 2 aliphatic heterocycles. The Balaban J connectivity index is 1.38. The molecule has 0 spiro atoms. The summed E-state index contributed by atoms with van der Waals surface area (Å²) >= 11 is 0. The number of esters is 1. The summed E-state index contributed by atoms with van der Waals surface area (Å²) < 4.78 is 46.4. The van der Waals surface area contributed by atoms with E-state index < -0.39 is 34.3 Å². The summed E-state index contributed by atoms with van der Waals surface area (Å²) in [5.74, 6) is -1.34. The van der Waals surface area contributed by atoms with Gasteiger partial charge in [-0.15, -0.1) is 4.40 Å². The van der Waals surface area contributed by atoms with Crippen molar-refractivity contribution < 1.29 is 27.1 Å². The van der Waals surface area contributed by atoms with Crippen LogP contribution >= 0.6 is 0 Å². The van der Waals surface area contributed by atoms with Crippen LogP contribution in [0.5, 0.6) is 0 Å². The Bertz CT molecular complexity index is 1280. The van der Waals surface area contributed by atoms with Crippen molar-refractivity contribution in [1.82, 2.24) is 14.7 Å². The van der Waals surface area contributed by atoms with Gasteiger partial charge in [-0.2, -0.15) is 5.10 Å². The van der Waals surface area contributed by atoms with E-state index in [2.05, 4.69) is 14.8 Å². The molecule has 0 aliphatic carbocycles. The summed E-state index contributed by atoms with van der Waals surface area (Å²) in [6.45, 7) is 1.35. The van der Waals surface area contributed by atoms with Gasteiger partial charge in [-0.3, -0.25) is 4.79 Å².